The predicted octanol–water partition coefficient (Wildman–Crippen LogP) is 0.779. The molecule has 0 saturated carbocycles. The van der Waals surface area contributed by atoms with E-state index in [1.807, 2.05) is 6.92 Å². The van der Waals surface area contributed by atoms with Gasteiger partial charge in [0, 0.05) is 12.4 Å². The van der Waals surface area contributed by atoms with Crippen LogP contribution >= 0.6 is 11.8 Å². The highest BCUT2D eigenvalue weighted by atomic mass is 32.2. The van der Waals surface area contributed by atoms with E-state index in [0.717, 1.165) is 10.8 Å². The molecule has 0 bridgehead atoms. The molecule has 1 aromatic heterocycles. The van der Waals surface area contributed by atoms with E-state index < -0.39 is 0 Å². The van der Waals surface area contributed by atoms with Crippen LogP contribution in [-0.2, 0) is 0 Å². The lowest BCUT2D eigenvalue weighted by molar-refractivity contribution is 0.250. The van der Waals surface area contributed by atoms with Crippen molar-refractivity contribution in [1.82, 2.24) is 9.97 Å². The molecule has 1 aromatic rings. The molecule has 0 aromatic carbocycles. The second kappa shape index (κ2) is 5.04. The zero-order chi connectivity index (χ0) is 9.68. The lowest BCUT2D eigenvalue weighted by Gasteiger charge is -2.05. The molecule has 0 amide bonds. The molecule has 1 atom stereocenters. The van der Waals surface area contributed by atoms with E-state index in [1.165, 1.54) is 6.20 Å². The van der Waals surface area contributed by atoms with Gasteiger partial charge in [0.1, 0.15) is 10.8 Å². The molecule has 3 N–H and O–H groups in total. The molecular formula is C8H13N3OS. The number of hydrogen-bond donors (Lipinski definition) is 2. The van der Waals surface area contributed by atoms with Crippen LogP contribution in [0.2, 0.25) is 0 Å². The largest absolute Gasteiger partial charge is 0.396 e. The summed E-state index contributed by atoms with van der Waals surface area (Å²) in [6, 6.07) is 0. The van der Waals surface area contributed by atoms with E-state index in [4.69, 9.17) is 10.8 Å². The number of thioether (sulfide) groups is 1. The Bertz CT molecular complexity index is 269. The first kappa shape index (κ1) is 10.3. The van der Waals surface area contributed by atoms with Gasteiger partial charge in [-0.1, -0.05) is 6.92 Å². The maximum Gasteiger partial charge on any atom is 0.143 e. The molecule has 0 fully saturated rings. The predicted molar refractivity (Wildman–Crippen MR) is 53.4 cm³/mol. The van der Waals surface area contributed by atoms with Crippen LogP contribution in [0.1, 0.15) is 6.92 Å². The van der Waals surface area contributed by atoms with Crippen LogP contribution in [0.25, 0.3) is 0 Å². The third kappa shape index (κ3) is 3.61. The fraction of sp³-hybridized carbons (Fsp3) is 0.500. The van der Waals surface area contributed by atoms with E-state index in [9.17, 15) is 0 Å². The lowest BCUT2D eigenvalue weighted by Crippen LogP contribution is -2.03. The topological polar surface area (TPSA) is 72.0 Å². The Labute approximate surface area is 81.6 Å². The molecule has 0 aliphatic rings. The molecule has 4 nitrogen and oxygen atoms in total. The molecule has 1 heterocycles. The monoisotopic (exact) mass is 199 g/mol. The highest BCUT2D eigenvalue weighted by Gasteiger charge is 2.02. The van der Waals surface area contributed by atoms with E-state index in [0.29, 0.717) is 5.82 Å². The van der Waals surface area contributed by atoms with Crippen molar-refractivity contribution in [3.63, 3.8) is 0 Å². The molecule has 0 spiro atoms. The van der Waals surface area contributed by atoms with Gasteiger partial charge in [0.25, 0.3) is 0 Å². The van der Waals surface area contributed by atoms with Crippen molar-refractivity contribution in [1.29, 1.82) is 0 Å². The fourth-order valence-corrected chi connectivity index (χ4v) is 1.58. The molecule has 13 heavy (non-hydrogen) atoms. The van der Waals surface area contributed by atoms with Crippen molar-refractivity contribution in [2.45, 2.75) is 11.9 Å². The summed E-state index contributed by atoms with van der Waals surface area (Å²) in [7, 11) is 0. The number of nitrogen functional groups attached to an aromatic ring is 1. The van der Waals surface area contributed by atoms with Gasteiger partial charge in [0.05, 0.1) is 12.4 Å². The molecule has 1 unspecified atom stereocenters. The summed E-state index contributed by atoms with van der Waals surface area (Å²) in [6.45, 7) is 2.18. The lowest BCUT2D eigenvalue weighted by atomic mass is 10.2. The SMILES string of the molecule is CC(CO)CSc1cncc(N)n1. The summed E-state index contributed by atoms with van der Waals surface area (Å²) in [4.78, 5) is 7.99. The number of anilines is 1. The second-order valence-corrected chi connectivity index (χ2v) is 3.92. The summed E-state index contributed by atoms with van der Waals surface area (Å²) in [5, 5.41) is 9.60. The summed E-state index contributed by atoms with van der Waals surface area (Å²) in [5.41, 5.74) is 5.46. The van der Waals surface area contributed by atoms with E-state index in [1.54, 1.807) is 18.0 Å². The van der Waals surface area contributed by atoms with E-state index >= 15 is 0 Å². The van der Waals surface area contributed by atoms with Crippen LogP contribution in [0.4, 0.5) is 5.82 Å². The molecule has 0 aliphatic heterocycles. The summed E-state index contributed by atoms with van der Waals surface area (Å²) in [6.07, 6.45) is 3.19. The number of aliphatic hydroxyl groups is 1. The number of rotatable bonds is 4. The summed E-state index contributed by atoms with van der Waals surface area (Å²) < 4.78 is 0. The second-order valence-electron chi connectivity index (χ2n) is 2.88. The Kier molecular flexibility index (Phi) is 3.98. The van der Waals surface area contributed by atoms with Gasteiger partial charge in [-0.2, -0.15) is 0 Å². The van der Waals surface area contributed by atoms with Gasteiger partial charge in [0.15, 0.2) is 0 Å². The van der Waals surface area contributed by atoms with Gasteiger partial charge >= 0.3 is 0 Å². The number of hydrogen-bond acceptors (Lipinski definition) is 5. The molecule has 5 heteroatoms. The average Bonchev–Trinajstić information content (AvgIpc) is 2.14. The third-order valence-electron chi connectivity index (χ3n) is 1.46. The zero-order valence-electron chi connectivity index (χ0n) is 7.47. The van der Waals surface area contributed by atoms with Crippen molar-refractivity contribution < 1.29 is 5.11 Å². The third-order valence-corrected chi connectivity index (χ3v) is 2.69. The van der Waals surface area contributed by atoms with Crippen LogP contribution in [0.5, 0.6) is 0 Å². The smallest absolute Gasteiger partial charge is 0.143 e. The van der Waals surface area contributed by atoms with Crippen LogP contribution in [-0.4, -0.2) is 27.4 Å². The Morgan fingerprint density at radius 1 is 1.62 bits per heavy atom. The number of aliphatic hydroxyl groups excluding tert-OH is 1. The van der Waals surface area contributed by atoms with Gasteiger partial charge in [-0.05, 0) is 5.92 Å². The molecule has 1 rings (SSSR count). The average molecular weight is 199 g/mol. The quantitative estimate of drug-likeness (QED) is 0.701. The Hall–Kier alpha value is -0.810. The summed E-state index contributed by atoms with van der Waals surface area (Å²) in [5.74, 6) is 1.53. The van der Waals surface area contributed by atoms with E-state index in [-0.39, 0.29) is 12.5 Å². The molecular weight excluding hydrogens is 186 g/mol. The van der Waals surface area contributed by atoms with Crippen LogP contribution in [0.15, 0.2) is 17.4 Å². The minimum absolute atomic E-state index is 0.197. The number of aromatic nitrogens is 2. The van der Waals surface area contributed by atoms with Gasteiger partial charge in [-0.15, -0.1) is 11.8 Å². The highest BCUT2D eigenvalue weighted by molar-refractivity contribution is 7.99. The molecule has 0 radical (unpaired) electrons. The van der Waals surface area contributed by atoms with E-state index in [2.05, 4.69) is 9.97 Å². The maximum atomic E-state index is 8.79. The van der Waals surface area contributed by atoms with Crippen LogP contribution < -0.4 is 5.73 Å². The fourth-order valence-electron chi connectivity index (χ4n) is 0.712. The van der Waals surface area contributed by atoms with Crippen LogP contribution in [0.3, 0.4) is 0 Å². The molecule has 72 valence electrons. The maximum absolute atomic E-state index is 8.79. The Morgan fingerprint density at radius 2 is 2.38 bits per heavy atom. The zero-order valence-corrected chi connectivity index (χ0v) is 8.29. The Morgan fingerprint density at radius 3 is 3.00 bits per heavy atom. The first-order chi connectivity index (χ1) is 6.22. The van der Waals surface area contributed by atoms with Gasteiger partial charge in [-0.3, -0.25) is 4.98 Å². The normalized spacial score (nSPS) is 12.8. The molecule has 0 saturated heterocycles. The van der Waals surface area contributed by atoms with Crippen molar-refractivity contribution >= 4 is 17.6 Å². The van der Waals surface area contributed by atoms with Crippen molar-refractivity contribution in [3.8, 4) is 0 Å². The number of nitrogens with two attached hydrogens (primary N) is 1. The molecule has 0 aliphatic carbocycles. The van der Waals surface area contributed by atoms with Crippen LogP contribution in [0, 0.1) is 5.92 Å². The summed E-state index contributed by atoms with van der Waals surface area (Å²) >= 11 is 1.55. The standard InChI is InChI=1S/C8H13N3OS/c1-6(4-12)5-13-8-3-10-2-7(9)11-8/h2-3,6,12H,4-5H2,1H3,(H2,9,11). The van der Waals surface area contributed by atoms with Crippen molar-refractivity contribution in [2.24, 2.45) is 5.92 Å². The van der Waals surface area contributed by atoms with Gasteiger partial charge in [0.2, 0.25) is 0 Å². The number of nitrogens with zero attached hydrogens (tertiary/aromatic N) is 2. The highest BCUT2D eigenvalue weighted by Crippen LogP contribution is 2.17. The minimum Gasteiger partial charge on any atom is -0.396 e. The minimum atomic E-state index is 0.197. The van der Waals surface area contributed by atoms with Crippen molar-refractivity contribution in [3.05, 3.63) is 12.4 Å². The first-order valence-electron chi connectivity index (χ1n) is 4.03. The first-order valence-corrected chi connectivity index (χ1v) is 5.02. The van der Waals surface area contributed by atoms with Crippen molar-refractivity contribution in [2.75, 3.05) is 18.1 Å². The Balaban J connectivity index is 2.45. The van der Waals surface area contributed by atoms with Gasteiger partial charge in [-0.25, -0.2) is 4.98 Å². The van der Waals surface area contributed by atoms with Gasteiger partial charge < -0.3 is 10.8 Å².